The molecule has 254 valence electrons. The monoisotopic (exact) mass is 663 g/mol. The van der Waals surface area contributed by atoms with Gasteiger partial charge in [0.1, 0.15) is 0 Å². The van der Waals surface area contributed by atoms with Gasteiger partial charge in [-0.15, -0.1) is 0 Å². The lowest BCUT2D eigenvalue weighted by molar-refractivity contribution is 0.420. The standard InChI is InChI=1S/C50H49N/c1-50(2)47-30-39(34-11-5-3-6-12-34)21-25-43(47)44-26-24-42(32-48(44)50)51(41-22-19-36(20-23-41)45-28-33-17-18-40(45)27-33)49-31-38-16-10-9-15-37(38)29-46(49)35-13-7-4-8-14-35/h3,5-6,9-12,15-16,19-26,29-33,35,40,45H,4,7-8,13-14,17-18,27-28H2,1-2H3. The summed E-state index contributed by atoms with van der Waals surface area (Å²) >= 11 is 0. The van der Waals surface area contributed by atoms with Gasteiger partial charge in [-0.25, -0.2) is 0 Å². The average Bonchev–Trinajstić information content (AvgIpc) is 3.88. The highest BCUT2D eigenvalue weighted by Crippen LogP contribution is 2.55. The van der Waals surface area contributed by atoms with Crippen molar-refractivity contribution in [1.29, 1.82) is 0 Å². The van der Waals surface area contributed by atoms with Gasteiger partial charge in [0.15, 0.2) is 0 Å². The van der Waals surface area contributed by atoms with Crippen molar-refractivity contribution in [2.75, 3.05) is 4.90 Å². The van der Waals surface area contributed by atoms with Crippen molar-refractivity contribution in [2.45, 2.75) is 88.9 Å². The van der Waals surface area contributed by atoms with Crippen LogP contribution in [0.4, 0.5) is 17.1 Å². The molecule has 6 aromatic carbocycles. The zero-order valence-corrected chi connectivity index (χ0v) is 30.2. The lowest BCUT2D eigenvalue weighted by atomic mass is 9.81. The molecule has 0 aliphatic heterocycles. The normalized spacial score (nSPS) is 21.9. The van der Waals surface area contributed by atoms with Crippen molar-refractivity contribution in [2.24, 2.45) is 11.8 Å². The van der Waals surface area contributed by atoms with E-state index >= 15 is 0 Å². The van der Waals surface area contributed by atoms with Crippen molar-refractivity contribution >= 4 is 27.8 Å². The summed E-state index contributed by atoms with van der Waals surface area (Å²) in [6.07, 6.45) is 12.3. The second-order valence-corrected chi connectivity index (χ2v) is 16.8. The van der Waals surface area contributed by atoms with Crippen LogP contribution in [0.1, 0.15) is 106 Å². The molecule has 4 aliphatic rings. The van der Waals surface area contributed by atoms with Gasteiger partial charge in [-0.1, -0.05) is 124 Å². The molecular formula is C50H49N. The first kappa shape index (κ1) is 31.1. The van der Waals surface area contributed by atoms with E-state index in [-0.39, 0.29) is 5.41 Å². The highest BCUT2D eigenvalue weighted by Gasteiger charge is 2.40. The molecule has 10 rings (SSSR count). The van der Waals surface area contributed by atoms with Crippen LogP contribution in [-0.2, 0) is 5.41 Å². The van der Waals surface area contributed by atoms with Crippen LogP contribution in [0.5, 0.6) is 0 Å². The maximum atomic E-state index is 2.62. The summed E-state index contributed by atoms with van der Waals surface area (Å²) in [4.78, 5) is 2.62. The Morgan fingerprint density at radius 3 is 1.96 bits per heavy atom. The number of hydrogen-bond donors (Lipinski definition) is 0. The Balaban J connectivity index is 1.12. The summed E-state index contributed by atoms with van der Waals surface area (Å²) < 4.78 is 0. The maximum absolute atomic E-state index is 2.62. The van der Waals surface area contributed by atoms with E-state index in [0.29, 0.717) is 5.92 Å². The smallest absolute Gasteiger partial charge is 0.0502 e. The molecule has 6 aromatic rings. The summed E-state index contributed by atoms with van der Waals surface area (Å²) in [5, 5.41) is 2.67. The van der Waals surface area contributed by atoms with Gasteiger partial charge in [-0.3, -0.25) is 0 Å². The minimum absolute atomic E-state index is 0.113. The van der Waals surface area contributed by atoms with E-state index in [4.69, 9.17) is 0 Å². The topological polar surface area (TPSA) is 3.24 Å². The fourth-order valence-corrected chi connectivity index (χ4v) is 10.8. The second kappa shape index (κ2) is 12.3. The van der Waals surface area contributed by atoms with Crippen molar-refractivity contribution in [3.8, 4) is 22.3 Å². The predicted octanol–water partition coefficient (Wildman–Crippen LogP) is 14.2. The Hall–Kier alpha value is -4.62. The summed E-state index contributed by atoms with van der Waals surface area (Å²) in [5.41, 5.74) is 15.0. The van der Waals surface area contributed by atoms with Gasteiger partial charge in [-0.2, -0.15) is 0 Å². The Kier molecular flexibility index (Phi) is 7.49. The van der Waals surface area contributed by atoms with Gasteiger partial charge in [0.05, 0.1) is 5.69 Å². The zero-order chi connectivity index (χ0) is 34.1. The number of hydrogen-bond acceptors (Lipinski definition) is 1. The van der Waals surface area contributed by atoms with Crippen LogP contribution in [0.3, 0.4) is 0 Å². The molecule has 3 fully saturated rings. The van der Waals surface area contributed by atoms with Gasteiger partial charge < -0.3 is 4.90 Å². The minimum atomic E-state index is -0.113. The van der Waals surface area contributed by atoms with Crippen molar-refractivity contribution in [1.82, 2.24) is 0 Å². The molecule has 2 bridgehead atoms. The van der Waals surface area contributed by atoms with Crippen molar-refractivity contribution in [3.05, 3.63) is 150 Å². The van der Waals surface area contributed by atoms with Crippen LogP contribution in [0, 0.1) is 11.8 Å². The van der Waals surface area contributed by atoms with Crippen molar-refractivity contribution in [3.63, 3.8) is 0 Å². The number of benzene rings is 6. The van der Waals surface area contributed by atoms with Crippen LogP contribution in [-0.4, -0.2) is 0 Å². The van der Waals surface area contributed by atoms with Crippen LogP contribution < -0.4 is 4.90 Å². The summed E-state index contributed by atoms with van der Waals surface area (Å²) in [7, 11) is 0. The molecule has 3 atom stereocenters. The largest absolute Gasteiger partial charge is 0.310 e. The fourth-order valence-electron chi connectivity index (χ4n) is 10.8. The van der Waals surface area contributed by atoms with E-state index in [0.717, 1.165) is 17.8 Å². The van der Waals surface area contributed by atoms with Crippen LogP contribution in [0.2, 0.25) is 0 Å². The molecule has 1 nitrogen and oxygen atoms in total. The molecule has 3 saturated carbocycles. The first-order valence-corrected chi connectivity index (χ1v) is 19.8. The molecule has 0 spiro atoms. The first-order chi connectivity index (χ1) is 25.0. The van der Waals surface area contributed by atoms with Gasteiger partial charge >= 0.3 is 0 Å². The van der Waals surface area contributed by atoms with Crippen LogP contribution >= 0.6 is 0 Å². The van der Waals surface area contributed by atoms with Crippen molar-refractivity contribution < 1.29 is 0 Å². The van der Waals surface area contributed by atoms with E-state index in [1.165, 1.54) is 125 Å². The third-order valence-electron chi connectivity index (χ3n) is 13.5. The summed E-state index contributed by atoms with van der Waals surface area (Å²) in [5.74, 6) is 3.17. The highest BCUT2D eigenvalue weighted by atomic mass is 15.1. The Bertz CT molecular complexity index is 2240. The molecule has 4 aliphatic carbocycles. The molecule has 0 N–H and O–H groups in total. The molecule has 0 saturated heterocycles. The SMILES string of the molecule is CC1(C)c2cc(-c3ccccc3)ccc2-c2ccc(N(c3ccc(C4CC5CCC4C5)cc3)c3cc4ccccc4cc3C3CCCCC3)cc21. The van der Waals surface area contributed by atoms with E-state index in [1.54, 1.807) is 5.56 Å². The van der Waals surface area contributed by atoms with E-state index in [9.17, 15) is 0 Å². The second-order valence-electron chi connectivity index (χ2n) is 16.8. The average molecular weight is 664 g/mol. The quantitative estimate of drug-likeness (QED) is 0.171. The van der Waals surface area contributed by atoms with Gasteiger partial charge in [0.25, 0.3) is 0 Å². The third kappa shape index (κ3) is 5.26. The Morgan fingerprint density at radius 1 is 0.549 bits per heavy atom. The van der Waals surface area contributed by atoms with E-state index < -0.39 is 0 Å². The molecule has 0 radical (unpaired) electrons. The van der Waals surface area contributed by atoms with Crippen LogP contribution in [0.25, 0.3) is 33.0 Å². The number of anilines is 3. The molecule has 1 heteroatoms. The number of fused-ring (bicyclic) bond motifs is 6. The Labute approximate surface area is 304 Å². The molecule has 51 heavy (non-hydrogen) atoms. The molecule has 0 aromatic heterocycles. The van der Waals surface area contributed by atoms with Gasteiger partial charge in [0, 0.05) is 16.8 Å². The van der Waals surface area contributed by atoms with Crippen LogP contribution in [0.15, 0.2) is 127 Å². The summed E-state index contributed by atoms with van der Waals surface area (Å²) in [6, 6.07) is 49.2. The molecular weight excluding hydrogens is 615 g/mol. The van der Waals surface area contributed by atoms with E-state index in [2.05, 4.69) is 146 Å². The molecule has 3 unspecified atom stereocenters. The molecule has 0 heterocycles. The summed E-state index contributed by atoms with van der Waals surface area (Å²) in [6.45, 7) is 4.85. The fraction of sp³-hybridized carbons (Fsp3) is 0.320. The minimum Gasteiger partial charge on any atom is -0.310 e. The zero-order valence-electron chi connectivity index (χ0n) is 30.2. The first-order valence-electron chi connectivity index (χ1n) is 19.8. The molecule has 0 amide bonds. The third-order valence-corrected chi connectivity index (χ3v) is 13.5. The number of nitrogens with zero attached hydrogens (tertiary/aromatic N) is 1. The lowest BCUT2D eigenvalue weighted by Gasteiger charge is -2.33. The lowest BCUT2D eigenvalue weighted by Crippen LogP contribution is -2.18. The van der Waals surface area contributed by atoms with Gasteiger partial charge in [-0.05, 0) is 154 Å². The van der Waals surface area contributed by atoms with E-state index in [1.807, 2.05) is 0 Å². The highest BCUT2D eigenvalue weighted by molar-refractivity contribution is 5.93. The Morgan fingerprint density at radius 2 is 1.24 bits per heavy atom. The number of rotatable bonds is 6. The predicted molar refractivity (Wildman–Crippen MR) is 216 cm³/mol. The maximum Gasteiger partial charge on any atom is 0.0502 e. The van der Waals surface area contributed by atoms with Gasteiger partial charge in [0.2, 0.25) is 0 Å².